The van der Waals surface area contributed by atoms with Crippen LogP contribution in [0.3, 0.4) is 0 Å². The summed E-state index contributed by atoms with van der Waals surface area (Å²) in [6.07, 6.45) is 0.0992. The molecule has 0 atom stereocenters. The van der Waals surface area contributed by atoms with E-state index in [0.717, 1.165) is 0 Å². The normalized spacial score (nSPS) is 12.3. The number of rotatable bonds is 7. The van der Waals surface area contributed by atoms with E-state index in [1.165, 1.54) is 18.2 Å². The Morgan fingerprint density at radius 1 is 1.29 bits per heavy atom. The molecule has 5 N–H and O–H groups in total. The molecule has 0 aliphatic carbocycles. The van der Waals surface area contributed by atoms with Gasteiger partial charge in [0, 0.05) is 12.1 Å². The lowest BCUT2D eigenvalue weighted by Gasteiger charge is -2.09. The van der Waals surface area contributed by atoms with E-state index in [9.17, 15) is 16.8 Å². The highest BCUT2D eigenvalue weighted by molar-refractivity contribution is 7.89. The zero-order chi connectivity index (χ0) is 16.3. The number of primary sulfonamides is 1. The molecular weight excluding hydrogens is 334 g/mol. The summed E-state index contributed by atoms with van der Waals surface area (Å²) in [5.74, 6) is -0.283. The van der Waals surface area contributed by atoms with Crippen molar-refractivity contribution < 1.29 is 16.8 Å². The lowest BCUT2D eigenvalue weighted by Crippen LogP contribution is -2.27. The quantitative estimate of drug-likeness (QED) is 0.452. The molecule has 10 heteroatoms. The summed E-state index contributed by atoms with van der Waals surface area (Å²) < 4.78 is 47.9. The van der Waals surface area contributed by atoms with Crippen LogP contribution in [0.2, 0.25) is 0 Å². The zero-order valence-electron chi connectivity index (χ0n) is 11.4. The monoisotopic (exact) mass is 351 g/mol. The van der Waals surface area contributed by atoms with Crippen molar-refractivity contribution in [1.29, 1.82) is 0 Å². The van der Waals surface area contributed by atoms with Crippen molar-refractivity contribution in [3.63, 3.8) is 0 Å². The zero-order valence-corrected chi connectivity index (χ0v) is 13.8. The second-order valence-electron chi connectivity index (χ2n) is 4.46. The molecule has 1 aromatic carbocycles. The van der Waals surface area contributed by atoms with E-state index in [0.29, 0.717) is 11.1 Å². The maximum Gasteiger partial charge on any atom is 0.240 e. The number of aryl methyl sites for hydroxylation is 1. The number of thiocarbonyl (C=S) groups is 1. The molecule has 21 heavy (non-hydrogen) atoms. The van der Waals surface area contributed by atoms with E-state index in [4.69, 9.17) is 23.1 Å². The third kappa shape index (κ3) is 5.67. The Kier molecular flexibility index (Phi) is 5.82. The molecule has 0 unspecified atom stereocenters. The molecule has 118 valence electrons. The first-order chi connectivity index (χ1) is 9.53. The molecule has 7 nitrogen and oxygen atoms in total. The van der Waals surface area contributed by atoms with Gasteiger partial charge in [0.15, 0.2) is 0 Å². The van der Waals surface area contributed by atoms with E-state index in [-0.39, 0.29) is 28.6 Å². The van der Waals surface area contributed by atoms with Gasteiger partial charge in [0.05, 0.1) is 10.6 Å². The van der Waals surface area contributed by atoms with Crippen LogP contribution in [0.1, 0.15) is 17.5 Å². The molecule has 0 radical (unpaired) electrons. The van der Waals surface area contributed by atoms with Crippen LogP contribution in [-0.2, 0) is 20.0 Å². The highest BCUT2D eigenvalue weighted by atomic mass is 32.2. The second-order valence-corrected chi connectivity index (χ2v) is 8.40. The maximum atomic E-state index is 12.0. The first kappa shape index (κ1) is 18.0. The smallest absolute Gasteiger partial charge is 0.240 e. The summed E-state index contributed by atoms with van der Waals surface area (Å²) in [6.45, 7) is 1.68. The Labute approximate surface area is 129 Å². The summed E-state index contributed by atoms with van der Waals surface area (Å²) in [6, 6.07) is 4.39. The molecule has 0 aromatic heterocycles. The Bertz CT molecular complexity index is 742. The van der Waals surface area contributed by atoms with Gasteiger partial charge in [-0.3, -0.25) is 0 Å². The number of nitrogens with one attached hydrogen (secondary N) is 1. The van der Waals surface area contributed by atoms with Gasteiger partial charge in [-0.1, -0.05) is 18.3 Å². The summed E-state index contributed by atoms with van der Waals surface area (Å²) >= 11 is 4.85. The van der Waals surface area contributed by atoms with Crippen molar-refractivity contribution in [1.82, 2.24) is 4.72 Å². The molecule has 0 saturated carbocycles. The fraction of sp³-hybridized carbons (Fsp3) is 0.364. The van der Waals surface area contributed by atoms with Crippen LogP contribution in [0, 0.1) is 6.92 Å². The fourth-order valence-corrected chi connectivity index (χ4v) is 3.58. The van der Waals surface area contributed by atoms with E-state index in [1.54, 1.807) is 6.92 Å². The van der Waals surface area contributed by atoms with Gasteiger partial charge in [-0.05, 0) is 31.0 Å². The van der Waals surface area contributed by atoms with Gasteiger partial charge in [0.1, 0.15) is 4.99 Å². The van der Waals surface area contributed by atoms with Crippen molar-refractivity contribution >= 4 is 37.3 Å². The molecule has 0 bridgehead atoms. The predicted molar refractivity (Wildman–Crippen MR) is 84.8 cm³/mol. The van der Waals surface area contributed by atoms with Crippen LogP contribution >= 0.6 is 12.2 Å². The molecule has 1 rings (SSSR count). The molecular formula is C11H17N3O4S3. The minimum Gasteiger partial charge on any atom is -0.389 e. The van der Waals surface area contributed by atoms with E-state index in [1.807, 2.05) is 0 Å². The van der Waals surface area contributed by atoms with Crippen molar-refractivity contribution in [3.05, 3.63) is 29.3 Å². The van der Waals surface area contributed by atoms with Crippen LogP contribution in [0.4, 0.5) is 0 Å². The van der Waals surface area contributed by atoms with Crippen molar-refractivity contribution in [2.75, 3.05) is 12.3 Å². The van der Waals surface area contributed by atoms with Crippen LogP contribution in [0.5, 0.6) is 0 Å². The van der Waals surface area contributed by atoms with Crippen LogP contribution < -0.4 is 15.6 Å². The number of benzene rings is 1. The molecule has 0 fully saturated rings. The topological polar surface area (TPSA) is 132 Å². The highest BCUT2D eigenvalue weighted by Gasteiger charge is 2.15. The molecule has 1 aromatic rings. The Morgan fingerprint density at radius 2 is 1.90 bits per heavy atom. The van der Waals surface area contributed by atoms with Gasteiger partial charge in [-0.25, -0.2) is 26.7 Å². The first-order valence-electron chi connectivity index (χ1n) is 5.93. The van der Waals surface area contributed by atoms with Crippen LogP contribution in [0.25, 0.3) is 0 Å². The van der Waals surface area contributed by atoms with Crippen molar-refractivity contribution in [2.24, 2.45) is 10.9 Å². The van der Waals surface area contributed by atoms with Gasteiger partial charge < -0.3 is 5.73 Å². The first-order valence-corrected chi connectivity index (χ1v) is 9.54. The number of hydrogen-bond donors (Lipinski definition) is 3. The Morgan fingerprint density at radius 3 is 2.38 bits per heavy atom. The summed E-state index contributed by atoms with van der Waals surface area (Å²) in [5.41, 5.74) is 6.77. The largest absolute Gasteiger partial charge is 0.389 e. The Balaban J connectivity index is 2.79. The summed E-state index contributed by atoms with van der Waals surface area (Å²) in [5, 5.41) is 4.83. The van der Waals surface area contributed by atoms with Crippen molar-refractivity contribution in [3.8, 4) is 0 Å². The van der Waals surface area contributed by atoms with E-state index < -0.39 is 20.0 Å². The highest BCUT2D eigenvalue weighted by Crippen LogP contribution is 2.15. The van der Waals surface area contributed by atoms with Crippen LogP contribution in [0.15, 0.2) is 23.1 Å². The lowest BCUT2D eigenvalue weighted by molar-refractivity contribution is 0.576. The molecule has 0 spiro atoms. The molecule has 0 amide bonds. The third-order valence-electron chi connectivity index (χ3n) is 2.67. The van der Waals surface area contributed by atoms with Gasteiger partial charge in [-0.2, -0.15) is 0 Å². The number of nitrogens with two attached hydrogens (primary N) is 2. The van der Waals surface area contributed by atoms with Crippen molar-refractivity contribution in [2.45, 2.75) is 18.2 Å². The SMILES string of the molecule is Cc1cc(S(=O)(=O)NCCCS(N)(=O)=O)ccc1C(N)=S. The van der Waals surface area contributed by atoms with E-state index in [2.05, 4.69) is 4.72 Å². The molecule has 0 aliphatic heterocycles. The molecule has 0 aliphatic rings. The predicted octanol–water partition coefficient (Wildman–Crippen LogP) is -0.414. The third-order valence-corrected chi connectivity index (χ3v) is 5.21. The lowest BCUT2D eigenvalue weighted by atomic mass is 10.1. The Hall–Kier alpha value is -1.07. The average Bonchev–Trinajstić information content (AvgIpc) is 2.33. The molecule has 0 saturated heterocycles. The second kappa shape index (κ2) is 6.79. The molecule has 0 heterocycles. The summed E-state index contributed by atoms with van der Waals surface area (Å²) in [7, 11) is -7.30. The van der Waals surface area contributed by atoms with Gasteiger partial charge in [0.25, 0.3) is 0 Å². The van der Waals surface area contributed by atoms with Crippen LogP contribution in [-0.4, -0.2) is 34.1 Å². The summed E-state index contributed by atoms with van der Waals surface area (Å²) in [4.78, 5) is 0.258. The minimum absolute atomic E-state index is 0.0190. The van der Waals surface area contributed by atoms with Gasteiger partial charge in [-0.15, -0.1) is 0 Å². The van der Waals surface area contributed by atoms with Gasteiger partial charge in [0.2, 0.25) is 20.0 Å². The van der Waals surface area contributed by atoms with Gasteiger partial charge >= 0.3 is 0 Å². The fourth-order valence-electron chi connectivity index (χ4n) is 1.64. The number of sulfonamides is 2. The minimum atomic E-state index is -3.71. The van der Waals surface area contributed by atoms with E-state index >= 15 is 0 Å². The number of hydrogen-bond acceptors (Lipinski definition) is 5. The standard InChI is InChI=1S/C11H17N3O4S3/c1-8-7-9(3-4-10(8)11(12)19)21(17,18)14-5-2-6-20(13,15)16/h3-4,7,14H,2,5-6H2,1H3,(H2,12,19)(H2,13,15,16). The average molecular weight is 351 g/mol. The maximum absolute atomic E-state index is 12.0.